The lowest BCUT2D eigenvalue weighted by molar-refractivity contribution is 0.276. The first kappa shape index (κ1) is 12.1. The van der Waals surface area contributed by atoms with Crippen LogP contribution in [0.1, 0.15) is 18.2 Å². The van der Waals surface area contributed by atoms with Crippen LogP contribution in [0, 0.1) is 5.92 Å². The standard InChI is InChI=1S/C15H17N3O/c1-11-6-12-4-2-3-5-14(12)18(9-11)15-8-16-13(10-19)7-17-15/h2-5,7-8,11,19H,6,9-10H2,1H3. The summed E-state index contributed by atoms with van der Waals surface area (Å²) in [6.07, 6.45) is 4.48. The maximum Gasteiger partial charge on any atom is 0.151 e. The van der Waals surface area contributed by atoms with Crippen molar-refractivity contribution in [2.75, 3.05) is 11.4 Å². The molecule has 3 rings (SSSR count). The number of aliphatic hydroxyl groups excluding tert-OH is 1. The van der Waals surface area contributed by atoms with Crippen molar-refractivity contribution >= 4 is 11.5 Å². The largest absolute Gasteiger partial charge is 0.390 e. The van der Waals surface area contributed by atoms with E-state index in [0.717, 1.165) is 18.8 Å². The van der Waals surface area contributed by atoms with Gasteiger partial charge in [0.2, 0.25) is 0 Å². The highest BCUT2D eigenvalue weighted by atomic mass is 16.3. The highest BCUT2D eigenvalue weighted by Gasteiger charge is 2.23. The monoisotopic (exact) mass is 255 g/mol. The smallest absolute Gasteiger partial charge is 0.151 e. The van der Waals surface area contributed by atoms with E-state index in [-0.39, 0.29) is 6.61 Å². The van der Waals surface area contributed by atoms with Gasteiger partial charge < -0.3 is 10.0 Å². The molecule has 1 atom stereocenters. The first-order valence-electron chi connectivity index (χ1n) is 6.55. The molecule has 0 saturated carbocycles. The van der Waals surface area contributed by atoms with Crippen LogP contribution in [-0.2, 0) is 13.0 Å². The summed E-state index contributed by atoms with van der Waals surface area (Å²) in [5.74, 6) is 1.44. The number of para-hydroxylation sites is 1. The lowest BCUT2D eigenvalue weighted by Gasteiger charge is -2.33. The molecule has 1 aromatic carbocycles. The maximum absolute atomic E-state index is 9.02. The van der Waals surface area contributed by atoms with Crippen LogP contribution in [0.25, 0.3) is 0 Å². The summed E-state index contributed by atoms with van der Waals surface area (Å²) in [7, 11) is 0. The average molecular weight is 255 g/mol. The number of nitrogens with zero attached hydrogens (tertiary/aromatic N) is 3. The van der Waals surface area contributed by atoms with E-state index in [9.17, 15) is 0 Å². The molecule has 19 heavy (non-hydrogen) atoms. The summed E-state index contributed by atoms with van der Waals surface area (Å²) < 4.78 is 0. The SMILES string of the molecule is CC1Cc2ccccc2N(c2cnc(CO)cn2)C1. The van der Waals surface area contributed by atoms with Gasteiger partial charge in [-0.15, -0.1) is 0 Å². The fourth-order valence-electron chi connectivity index (χ4n) is 2.58. The summed E-state index contributed by atoms with van der Waals surface area (Å²) in [6.45, 7) is 3.13. The molecule has 0 fully saturated rings. The molecule has 1 aromatic heterocycles. The molecule has 1 aliphatic rings. The molecule has 0 amide bonds. The van der Waals surface area contributed by atoms with Gasteiger partial charge in [0.05, 0.1) is 24.7 Å². The van der Waals surface area contributed by atoms with Crippen molar-refractivity contribution in [2.24, 2.45) is 5.92 Å². The molecule has 0 saturated heterocycles. The molecule has 2 aromatic rings. The van der Waals surface area contributed by atoms with Gasteiger partial charge in [0, 0.05) is 12.2 Å². The van der Waals surface area contributed by atoms with Crippen LogP contribution in [0.3, 0.4) is 0 Å². The zero-order valence-corrected chi connectivity index (χ0v) is 11.0. The van der Waals surface area contributed by atoms with Crippen LogP contribution in [0.2, 0.25) is 0 Å². The van der Waals surface area contributed by atoms with Gasteiger partial charge in [-0.25, -0.2) is 4.98 Å². The molecule has 0 bridgehead atoms. The van der Waals surface area contributed by atoms with Crippen LogP contribution < -0.4 is 4.90 Å². The lowest BCUT2D eigenvalue weighted by Crippen LogP contribution is -2.31. The Labute approximate surface area is 112 Å². The van der Waals surface area contributed by atoms with Crippen molar-refractivity contribution in [1.82, 2.24) is 9.97 Å². The molecule has 4 heteroatoms. The van der Waals surface area contributed by atoms with Crippen LogP contribution in [0.15, 0.2) is 36.7 Å². The van der Waals surface area contributed by atoms with E-state index in [0.29, 0.717) is 11.6 Å². The Morgan fingerprint density at radius 1 is 1.26 bits per heavy atom. The summed E-state index contributed by atoms with van der Waals surface area (Å²) in [5, 5.41) is 9.02. The highest BCUT2D eigenvalue weighted by molar-refractivity contribution is 5.65. The van der Waals surface area contributed by atoms with Crippen molar-refractivity contribution in [2.45, 2.75) is 20.0 Å². The second-order valence-corrected chi connectivity index (χ2v) is 5.07. The fraction of sp³-hybridized carbons (Fsp3) is 0.333. The molecular formula is C15H17N3O. The Balaban J connectivity index is 1.99. The minimum Gasteiger partial charge on any atom is -0.390 e. The predicted octanol–water partition coefficient (Wildman–Crippen LogP) is 2.30. The molecule has 0 radical (unpaired) electrons. The number of fused-ring (bicyclic) bond motifs is 1. The van der Waals surface area contributed by atoms with Crippen molar-refractivity contribution in [3.05, 3.63) is 47.9 Å². The number of rotatable bonds is 2. The van der Waals surface area contributed by atoms with E-state index in [1.165, 1.54) is 11.3 Å². The number of hydrogen-bond acceptors (Lipinski definition) is 4. The molecule has 0 aliphatic carbocycles. The normalized spacial score (nSPS) is 18.2. The number of aromatic nitrogens is 2. The third-order valence-corrected chi connectivity index (χ3v) is 3.48. The first-order chi connectivity index (χ1) is 9.28. The van der Waals surface area contributed by atoms with Crippen LogP contribution >= 0.6 is 0 Å². The Morgan fingerprint density at radius 2 is 2.11 bits per heavy atom. The predicted molar refractivity (Wildman–Crippen MR) is 74.3 cm³/mol. The van der Waals surface area contributed by atoms with E-state index < -0.39 is 0 Å². The molecule has 1 aliphatic heterocycles. The lowest BCUT2D eigenvalue weighted by atomic mass is 9.94. The summed E-state index contributed by atoms with van der Waals surface area (Å²) >= 11 is 0. The molecule has 4 nitrogen and oxygen atoms in total. The zero-order chi connectivity index (χ0) is 13.2. The molecule has 98 valence electrons. The van der Waals surface area contributed by atoms with Crippen LogP contribution in [0.4, 0.5) is 11.5 Å². The van der Waals surface area contributed by atoms with Crippen LogP contribution in [0.5, 0.6) is 0 Å². The molecule has 1 unspecified atom stereocenters. The van der Waals surface area contributed by atoms with Crippen molar-refractivity contribution < 1.29 is 5.11 Å². The third kappa shape index (κ3) is 2.31. The van der Waals surface area contributed by atoms with Gasteiger partial charge in [0.25, 0.3) is 0 Å². The van der Waals surface area contributed by atoms with Gasteiger partial charge in [-0.2, -0.15) is 0 Å². The van der Waals surface area contributed by atoms with E-state index in [1.54, 1.807) is 12.4 Å². The second-order valence-electron chi connectivity index (χ2n) is 5.07. The Hall–Kier alpha value is -1.94. The fourth-order valence-corrected chi connectivity index (χ4v) is 2.58. The minimum atomic E-state index is -0.0692. The number of anilines is 2. The van der Waals surface area contributed by atoms with E-state index in [1.807, 2.05) is 0 Å². The van der Waals surface area contributed by atoms with Gasteiger partial charge in [-0.1, -0.05) is 25.1 Å². The topological polar surface area (TPSA) is 49.2 Å². The molecule has 0 spiro atoms. The number of benzene rings is 1. The van der Waals surface area contributed by atoms with Crippen molar-refractivity contribution in [1.29, 1.82) is 0 Å². The summed E-state index contributed by atoms with van der Waals surface area (Å²) in [6, 6.07) is 8.43. The van der Waals surface area contributed by atoms with E-state index >= 15 is 0 Å². The van der Waals surface area contributed by atoms with Crippen molar-refractivity contribution in [3.8, 4) is 0 Å². The quantitative estimate of drug-likeness (QED) is 0.894. The van der Waals surface area contributed by atoms with Gasteiger partial charge in [-0.05, 0) is 24.0 Å². The Bertz CT molecular complexity index is 568. The third-order valence-electron chi connectivity index (χ3n) is 3.48. The van der Waals surface area contributed by atoms with Crippen molar-refractivity contribution in [3.63, 3.8) is 0 Å². The second kappa shape index (κ2) is 4.97. The average Bonchev–Trinajstić information content (AvgIpc) is 2.46. The van der Waals surface area contributed by atoms with Crippen LogP contribution in [-0.4, -0.2) is 21.6 Å². The van der Waals surface area contributed by atoms with E-state index in [2.05, 4.69) is 46.1 Å². The Morgan fingerprint density at radius 3 is 2.84 bits per heavy atom. The van der Waals surface area contributed by atoms with Gasteiger partial charge in [-0.3, -0.25) is 4.98 Å². The maximum atomic E-state index is 9.02. The zero-order valence-electron chi connectivity index (χ0n) is 11.0. The van der Waals surface area contributed by atoms with E-state index in [4.69, 9.17) is 5.11 Å². The van der Waals surface area contributed by atoms with Gasteiger partial charge >= 0.3 is 0 Å². The number of aliphatic hydroxyl groups is 1. The Kier molecular flexibility index (Phi) is 3.17. The summed E-state index contributed by atoms with van der Waals surface area (Å²) in [5.41, 5.74) is 3.17. The molecule has 1 N–H and O–H groups in total. The minimum absolute atomic E-state index is 0.0692. The highest BCUT2D eigenvalue weighted by Crippen LogP contribution is 2.33. The molecular weight excluding hydrogens is 238 g/mol. The number of hydrogen-bond donors (Lipinski definition) is 1. The first-order valence-corrected chi connectivity index (χ1v) is 6.55. The van der Waals surface area contributed by atoms with Gasteiger partial charge in [0.1, 0.15) is 0 Å². The molecule has 2 heterocycles. The van der Waals surface area contributed by atoms with Gasteiger partial charge in [0.15, 0.2) is 5.82 Å². The summed E-state index contributed by atoms with van der Waals surface area (Å²) in [4.78, 5) is 10.8.